The normalized spacial score (nSPS) is 19.6. The van der Waals surface area contributed by atoms with Crippen LogP contribution in [0.2, 0.25) is 0 Å². The molecule has 1 saturated carbocycles. The summed E-state index contributed by atoms with van der Waals surface area (Å²) in [5.41, 5.74) is 2.08. The first kappa shape index (κ1) is 15.6. The summed E-state index contributed by atoms with van der Waals surface area (Å²) in [6.07, 6.45) is 6.64. The largest absolute Gasteiger partial charge is 0.361 e. The zero-order valence-electron chi connectivity index (χ0n) is 14.5. The molecule has 0 amide bonds. The predicted octanol–water partition coefficient (Wildman–Crippen LogP) is 2.71. The van der Waals surface area contributed by atoms with E-state index in [1.165, 1.54) is 25.7 Å². The highest BCUT2D eigenvalue weighted by molar-refractivity contribution is 5.43. The Bertz CT molecular complexity index is 688. The van der Waals surface area contributed by atoms with Crippen molar-refractivity contribution in [3.63, 3.8) is 0 Å². The van der Waals surface area contributed by atoms with Gasteiger partial charge in [0.05, 0.1) is 5.69 Å². The first-order valence-electron chi connectivity index (χ1n) is 8.90. The van der Waals surface area contributed by atoms with Crippen LogP contribution in [0.4, 0.5) is 5.82 Å². The number of rotatable bonds is 5. The molecule has 3 heterocycles. The van der Waals surface area contributed by atoms with Crippen LogP contribution in [0.1, 0.15) is 42.8 Å². The van der Waals surface area contributed by atoms with Crippen LogP contribution in [0.15, 0.2) is 23.0 Å². The SMILES string of the molecule is Cc1cc(N(C2CC2)C2CCN(Cc3cc(C)on3)CC2)ncn1. The number of aromatic nitrogens is 3. The lowest BCUT2D eigenvalue weighted by Crippen LogP contribution is -2.46. The topological polar surface area (TPSA) is 58.3 Å². The monoisotopic (exact) mass is 327 g/mol. The molecule has 1 aliphatic carbocycles. The minimum atomic E-state index is 0.585. The van der Waals surface area contributed by atoms with Crippen LogP contribution >= 0.6 is 0 Å². The molecule has 6 heteroatoms. The van der Waals surface area contributed by atoms with Crippen LogP contribution in [0.5, 0.6) is 0 Å². The van der Waals surface area contributed by atoms with E-state index in [0.717, 1.165) is 42.6 Å². The van der Waals surface area contributed by atoms with Crippen LogP contribution in [-0.4, -0.2) is 45.2 Å². The van der Waals surface area contributed by atoms with Crippen LogP contribution in [-0.2, 0) is 6.54 Å². The highest BCUT2D eigenvalue weighted by atomic mass is 16.5. The Hall–Kier alpha value is -1.95. The van der Waals surface area contributed by atoms with Crippen molar-refractivity contribution in [3.8, 4) is 0 Å². The van der Waals surface area contributed by atoms with Gasteiger partial charge in [0.1, 0.15) is 17.9 Å². The van der Waals surface area contributed by atoms with Crippen molar-refractivity contribution in [2.45, 2.75) is 58.2 Å². The van der Waals surface area contributed by atoms with Gasteiger partial charge in [0, 0.05) is 49.5 Å². The summed E-state index contributed by atoms with van der Waals surface area (Å²) in [6.45, 7) is 7.08. The Morgan fingerprint density at radius 1 is 1.08 bits per heavy atom. The summed E-state index contributed by atoms with van der Waals surface area (Å²) in [5.74, 6) is 1.99. The van der Waals surface area contributed by atoms with Gasteiger partial charge in [-0.25, -0.2) is 9.97 Å². The standard InChI is InChI=1S/C18H25N5O/c1-13-9-18(20-12-19-13)23(16-3-4-16)17-5-7-22(8-6-17)11-15-10-14(2)24-21-15/h9-10,12,16-17H,3-8,11H2,1-2H3. The van der Waals surface area contributed by atoms with Gasteiger partial charge in [-0.3, -0.25) is 4.90 Å². The number of nitrogens with zero attached hydrogens (tertiary/aromatic N) is 5. The van der Waals surface area contributed by atoms with E-state index in [-0.39, 0.29) is 0 Å². The van der Waals surface area contributed by atoms with E-state index in [1.807, 2.05) is 19.9 Å². The molecule has 128 valence electrons. The van der Waals surface area contributed by atoms with E-state index >= 15 is 0 Å². The highest BCUT2D eigenvalue weighted by Crippen LogP contribution is 2.35. The highest BCUT2D eigenvalue weighted by Gasteiger charge is 2.36. The van der Waals surface area contributed by atoms with Crippen molar-refractivity contribution < 1.29 is 4.52 Å². The van der Waals surface area contributed by atoms with Gasteiger partial charge < -0.3 is 9.42 Å². The lowest BCUT2D eigenvalue weighted by molar-refractivity contribution is 0.195. The van der Waals surface area contributed by atoms with E-state index in [2.05, 4.69) is 31.0 Å². The number of likely N-dealkylation sites (tertiary alicyclic amines) is 1. The van der Waals surface area contributed by atoms with Gasteiger partial charge in [-0.15, -0.1) is 0 Å². The number of hydrogen-bond acceptors (Lipinski definition) is 6. The molecular formula is C18H25N5O. The summed E-state index contributed by atoms with van der Waals surface area (Å²) < 4.78 is 5.18. The van der Waals surface area contributed by atoms with E-state index < -0.39 is 0 Å². The van der Waals surface area contributed by atoms with Crippen LogP contribution in [0, 0.1) is 13.8 Å². The fourth-order valence-electron chi connectivity index (χ4n) is 3.68. The molecule has 1 aliphatic heterocycles. The maximum absolute atomic E-state index is 5.18. The zero-order valence-corrected chi connectivity index (χ0v) is 14.5. The fraction of sp³-hybridized carbons (Fsp3) is 0.611. The summed E-state index contributed by atoms with van der Waals surface area (Å²) in [7, 11) is 0. The molecule has 0 atom stereocenters. The van der Waals surface area contributed by atoms with Gasteiger partial charge in [-0.2, -0.15) is 0 Å². The Morgan fingerprint density at radius 3 is 2.46 bits per heavy atom. The maximum atomic E-state index is 5.18. The number of hydrogen-bond donors (Lipinski definition) is 0. The van der Waals surface area contributed by atoms with Crippen molar-refractivity contribution in [3.05, 3.63) is 35.6 Å². The molecule has 6 nitrogen and oxygen atoms in total. The van der Waals surface area contributed by atoms with Gasteiger partial charge in [0.2, 0.25) is 0 Å². The molecule has 0 bridgehead atoms. The third kappa shape index (κ3) is 3.43. The van der Waals surface area contributed by atoms with Gasteiger partial charge in [-0.1, -0.05) is 5.16 Å². The summed E-state index contributed by atoms with van der Waals surface area (Å²) >= 11 is 0. The predicted molar refractivity (Wildman–Crippen MR) is 91.8 cm³/mol. The summed E-state index contributed by atoms with van der Waals surface area (Å²) in [5, 5.41) is 4.12. The average Bonchev–Trinajstić information content (AvgIpc) is 3.32. The minimum absolute atomic E-state index is 0.585. The summed E-state index contributed by atoms with van der Waals surface area (Å²) in [4.78, 5) is 13.8. The van der Waals surface area contributed by atoms with Crippen molar-refractivity contribution in [2.24, 2.45) is 0 Å². The first-order valence-corrected chi connectivity index (χ1v) is 8.90. The molecular weight excluding hydrogens is 302 g/mol. The average molecular weight is 327 g/mol. The number of anilines is 1. The molecule has 0 spiro atoms. The smallest absolute Gasteiger partial charge is 0.133 e. The molecule has 2 aromatic heterocycles. The molecule has 4 rings (SSSR count). The van der Waals surface area contributed by atoms with E-state index in [9.17, 15) is 0 Å². The van der Waals surface area contributed by atoms with Crippen molar-refractivity contribution in [2.75, 3.05) is 18.0 Å². The molecule has 0 radical (unpaired) electrons. The van der Waals surface area contributed by atoms with E-state index in [1.54, 1.807) is 6.33 Å². The van der Waals surface area contributed by atoms with Crippen LogP contribution in [0.25, 0.3) is 0 Å². The lowest BCUT2D eigenvalue weighted by atomic mass is 10.0. The molecule has 24 heavy (non-hydrogen) atoms. The Labute approximate surface area is 142 Å². The van der Waals surface area contributed by atoms with Gasteiger partial charge in [-0.05, 0) is 39.5 Å². The maximum Gasteiger partial charge on any atom is 0.133 e. The fourth-order valence-corrected chi connectivity index (χ4v) is 3.68. The zero-order chi connectivity index (χ0) is 16.5. The molecule has 0 aromatic carbocycles. The first-order chi connectivity index (χ1) is 11.7. The molecule has 0 unspecified atom stereocenters. The van der Waals surface area contributed by atoms with Crippen molar-refractivity contribution in [1.82, 2.24) is 20.0 Å². The third-order valence-corrected chi connectivity index (χ3v) is 5.01. The Morgan fingerprint density at radius 2 is 1.83 bits per heavy atom. The van der Waals surface area contributed by atoms with Gasteiger partial charge in [0.25, 0.3) is 0 Å². The van der Waals surface area contributed by atoms with Crippen molar-refractivity contribution in [1.29, 1.82) is 0 Å². The molecule has 1 saturated heterocycles. The Balaban J connectivity index is 1.40. The second-order valence-corrected chi connectivity index (χ2v) is 7.09. The number of piperidine rings is 1. The van der Waals surface area contributed by atoms with Gasteiger partial charge in [0.15, 0.2) is 0 Å². The van der Waals surface area contributed by atoms with E-state index in [4.69, 9.17) is 4.52 Å². The summed E-state index contributed by atoms with van der Waals surface area (Å²) in [6, 6.07) is 5.42. The quantitative estimate of drug-likeness (QED) is 0.841. The minimum Gasteiger partial charge on any atom is -0.361 e. The van der Waals surface area contributed by atoms with E-state index in [0.29, 0.717) is 12.1 Å². The number of aryl methyl sites for hydroxylation is 2. The van der Waals surface area contributed by atoms with Gasteiger partial charge >= 0.3 is 0 Å². The molecule has 2 aliphatic rings. The second kappa shape index (κ2) is 6.51. The van der Waals surface area contributed by atoms with Crippen LogP contribution < -0.4 is 4.90 Å². The van der Waals surface area contributed by atoms with Crippen LogP contribution in [0.3, 0.4) is 0 Å². The third-order valence-electron chi connectivity index (χ3n) is 5.01. The second-order valence-electron chi connectivity index (χ2n) is 7.09. The molecule has 2 aromatic rings. The van der Waals surface area contributed by atoms with Crippen molar-refractivity contribution >= 4 is 5.82 Å². The Kier molecular flexibility index (Phi) is 4.22. The lowest BCUT2D eigenvalue weighted by Gasteiger charge is -2.39. The molecule has 2 fully saturated rings. The molecule has 0 N–H and O–H groups in total.